The number of carbonyl (C=O) groups excluding carboxylic acids is 1. The lowest BCUT2D eigenvalue weighted by atomic mass is 9.60. The van der Waals surface area contributed by atoms with E-state index in [4.69, 9.17) is 0 Å². The Balaban J connectivity index is 1.72. The fraction of sp³-hybridized carbons (Fsp3) is 0.741. The van der Waals surface area contributed by atoms with Crippen molar-refractivity contribution in [3.8, 4) is 0 Å². The zero-order valence-electron chi connectivity index (χ0n) is 19.5. The maximum atomic E-state index is 12.1. The van der Waals surface area contributed by atoms with E-state index in [9.17, 15) is 15.0 Å². The first-order valence-electron chi connectivity index (χ1n) is 12.1. The van der Waals surface area contributed by atoms with Gasteiger partial charge in [0.2, 0.25) is 0 Å². The summed E-state index contributed by atoms with van der Waals surface area (Å²) >= 11 is 0. The summed E-state index contributed by atoms with van der Waals surface area (Å²) in [5.74, 6) is 2.43. The molecule has 2 N–H and O–H groups in total. The number of Topliss-reactive ketones (excluding diaryl/α,β-unsaturated/α-hetero) is 1. The van der Waals surface area contributed by atoms with Crippen molar-refractivity contribution < 1.29 is 15.0 Å². The fourth-order valence-corrected chi connectivity index (χ4v) is 6.54. The van der Waals surface area contributed by atoms with E-state index in [0.717, 1.165) is 30.4 Å². The van der Waals surface area contributed by atoms with Crippen LogP contribution in [0.1, 0.15) is 85.5 Å². The van der Waals surface area contributed by atoms with Gasteiger partial charge < -0.3 is 10.2 Å². The average Bonchev–Trinajstić information content (AvgIpc) is 3.04. The number of aliphatic hydroxyl groups is 2. The van der Waals surface area contributed by atoms with E-state index in [2.05, 4.69) is 32.6 Å². The first-order chi connectivity index (χ1) is 14.1. The summed E-state index contributed by atoms with van der Waals surface area (Å²) in [5, 5.41) is 20.2. The van der Waals surface area contributed by atoms with Gasteiger partial charge in [-0.2, -0.15) is 0 Å². The molecule has 3 saturated carbocycles. The van der Waals surface area contributed by atoms with Crippen LogP contribution < -0.4 is 0 Å². The smallest absolute Gasteiger partial charge is 0.135 e. The van der Waals surface area contributed by atoms with E-state index >= 15 is 0 Å². The third-order valence-electron chi connectivity index (χ3n) is 8.48. The van der Waals surface area contributed by atoms with Crippen molar-refractivity contribution in [3.05, 3.63) is 35.5 Å². The molecule has 0 heterocycles. The minimum atomic E-state index is -0.625. The van der Waals surface area contributed by atoms with Gasteiger partial charge in [0.15, 0.2) is 0 Å². The van der Waals surface area contributed by atoms with Gasteiger partial charge in [0.1, 0.15) is 5.78 Å². The SMILES string of the molecule is C=C1/C(=C/C=C2\CCC[C@]3(C)[C@@H]([C@H](C)CCC(=O)C(C)C)CC[C@@H]23)C[C@@H](O)C[C@@H]1O. The molecule has 3 aliphatic rings. The van der Waals surface area contributed by atoms with E-state index in [0.29, 0.717) is 41.8 Å². The molecule has 0 spiro atoms. The molecular weight excluding hydrogens is 372 g/mol. The molecule has 30 heavy (non-hydrogen) atoms. The van der Waals surface area contributed by atoms with Gasteiger partial charge in [-0.05, 0) is 79.3 Å². The number of carbonyl (C=O) groups is 1. The lowest BCUT2D eigenvalue weighted by molar-refractivity contribution is -0.122. The van der Waals surface area contributed by atoms with Crippen molar-refractivity contribution >= 4 is 5.78 Å². The molecular formula is C27H42O3. The fourth-order valence-electron chi connectivity index (χ4n) is 6.54. The predicted molar refractivity (Wildman–Crippen MR) is 123 cm³/mol. The van der Waals surface area contributed by atoms with Crippen LogP contribution in [0.25, 0.3) is 0 Å². The highest BCUT2D eigenvalue weighted by Crippen LogP contribution is 2.59. The van der Waals surface area contributed by atoms with Gasteiger partial charge in [-0.1, -0.05) is 52.0 Å². The van der Waals surface area contributed by atoms with Crippen molar-refractivity contribution in [1.29, 1.82) is 0 Å². The summed E-state index contributed by atoms with van der Waals surface area (Å²) in [6.45, 7) is 12.9. The zero-order valence-corrected chi connectivity index (χ0v) is 19.5. The topological polar surface area (TPSA) is 57.5 Å². The Morgan fingerprint density at radius 1 is 1.23 bits per heavy atom. The standard InChI is InChI=1S/C27H42O3/c1-17(2)25(29)13-8-18(3)23-11-12-24-20(7-6-14-27(23,24)5)9-10-21-15-22(28)16-26(30)19(21)4/h9-10,17-18,22-24,26,28,30H,4,6-8,11-16H2,1-3,5H3/b20-9+,21-10+/t18-,22-,23-,24+,26+,27-/m1/s1. The molecule has 3 heteroatoms. The Morgan fingerprint density at radius 3 is 2.67 bits per heavy atom. The Hall–Kier alpha value is -1.19. The highest BCUT2D eigenvalue weighted by atomic mass is 16.3. The third-order valence-corrected chi connectivity index (χ3v) is 8.48. The third kappa shape index (κ3) is 4.83. The summed E-state index contributed by atoms with van der Waals surface area (Å²) in [7, 11) is 0. The van der Waals surface area contributed by atoms with Crippen molar-refractivity contribution in [2.45, 2.75) is 97.7 Å². The van der Waals surface area contributed by atoms with Crippen molar-refractivity contribution in [1.82, 2.24) is 0 Å². The molecule has 0 aliphatic heterocycles. The molecule has 6 atom stereocenters. The average molecular weight is 415 g/mol. The minimum absolute atomic E-state index is 0.146. The number of fused-ring (bicyclic) bond motifs is 1. The summed E-state index contributed by atoms with van der Waals surface area (Å²) in [6.07, 6.45) is 12.2. The molecule has 0 aromatic carbocycles. The van der Waals surface area contributed by atoms with Crippen molar-refractivity contribution in [2.24, 2.45) is 29.1 Å². The Bertz CT molecular complexity index is 716. The molecule has 0 radical (unpaired) electrons. The molecule has 0 unspecified atom stereocenters. The van der Waals surface area contributed by atoms with Crippen LogP contribution in [-0.4, -0.2) is 28.2 Å². The number of ketones is 1. The highest BCUT2D eigenvalue weighted by Gasteiger charge is 2.50. The summed E-state index contributed by atoms with van der Waals surface area (Å²) < 4.78 is 0. The lowest BCUT2D eigenvalue weighted by Crippen LogP contribution is -2.36. The molecule has 3 fully saturated rings. The molecule has 168 valence electrons. The van der Waals surface area contributed by atoms with Crippen LogP contribution in [0.15, 0.2) is 35.5 Å². The molecule has 0 aromatic rings. The van der Waals surface area contributed by atoms with Gasteiger partial charge in [-0.3, -0.25) is 4.79 Å². The second-order valence-corrected chi connectivity index (χ2v) is 10.8. The second kappa shape index (κ2) is 9.53. The number of allylic oxidation sites excluding steroid dienone is 3. The maximum Gasteiger partial charge on any atom is 0.135 e. The number of aliphatic hydroxyl groups excluding tert-OH is 2. The van der Waals surface area contributed by atoms with Crippen LogP contribution in [0.4, 0.5) is 0 Å². The molecule has 3 aliphatic carbocycles. The van der Waals surface area contributed by atoms with Crippen LogP contribution in [-0.2, 0) is 4.79 Å². The second-order valence-electron chi connectivity index (χ2n) is 10.8. The van der Waals surface area contributed by atoms with Crippen LogP contribution in [0.3, 0.4) is 0 Å². The van der Waals surface area contributed by atoms with Crippen molar-refractivity contribution in [3.63, 3.8) is 0 Å². The largest absolute Gasteiger partial charge is 0.393 e. The molecule has 3 nitrogen and oxygen atoms in total. The lowest BCUT2D eigenvalue weighted by Gasteiger charge is -2.44. The van der Waals surface area contributed by atoms with Gasteiger partial charge in [0.25, 0.3) is 0 Å². The van der Waals surface area contributed by atoms with Crippen LogP contribution in [0, 0.1) is 29.1 Å². The van der Waals surface area contributed by atoms with Gasteiger partial charge in [-0.15, -0.1) is 0 Å². The van der Waals surface area contributed by atoms with E-state index in [1.54, 1.807) is 0 Å². The Kier molecular flexibility index (Phi) is 7.45. The molecule has 0 bridgehead atoms. The number of rotatable bonds is 6. The summed E-state index contributed by atoms with van der Waals surface area (Å²) in [5.41, 5.74) is 3.62. The minimum Gasteiger partial charge on any atom is -0.393 e. The molecule has 3 rings (SSSR count). The monoisotopic (exact) mass is 414 g/mol. The van der Waals surface area contributed by atoms with Crippen LogP contribution in [0.5, 0.6) is 0 Å². The van der Waals surface area contributed by atoms with Crippen LogP contribution >= 0.6 is 0 Å². The number of hydrogen-bond acceptors (Lipinski definition) is 3. The normalized spacial score (nSPS) is 38.3. The maximum absolute atomic E-state index is 12.1. The van der Waals surface area contributed by atoms with E-state index in [1.807, 2.05) is 13.8 Å². The highest BCUT2D eigenvalue weighted by molar-refractivity contribution is 5.80. The quantitative estimate of drug-likeness (QED) is 0.580. The van der Waals surface area contributed by atoms with Gasteiger partial charge in [0.05, 0.1) is 12.2 Å². The summed E-state index contributed by atoms with van der Waals surface area (Å²) in [6, 6.07) is 0. The van der Waals surface area contributed by atoms with Gasteiger partial charge >= 0.3 is 0 Å². The van der Waals surface area contributed by atoms with E-state index in [1.165, 1.54) is 31.3 Å². The molecule has 0 aromatic heterocycles. The number of hydrogen-bond donors (Lipinski definition) is 2. The van der Waals surface area contributed by atoms with Crippen LogP contribution in [0.2, 0.25) is 0 Å². The van der Waals surface area contributed by atoms with Gasteiger partial charge in [-0.25, -0.2) is 0 Å². The first kappa shape index (κ1) is 23.5. The van der Waals surface area contributed by atoms with Crippen molar-refractivity contribution in [2.75, 3.05) is 0 Å². The van der Waals surface area contributed by atoms with E-state index < -0.39 is 12.2 Å². The predicted octanol–water partition coefficient (Wildman–Crippen LogP) is 5.77. The van der Waals surface area contributed by atoms with Gasteiger partial charge in [0, 0.05) is 18.8 Å². The Morgan fingerprint density at radius 2 is 1.97 bits per heavy atom. The molecule has 0 amide bonds. The Labute approximate surface area is 183 Å². The summed E-state index contributed by atoms with van der Waals surface area (Å²) in [4.78, 5) is 12.1. The van der Waals surface area contributed by atoms with E-state index in [-0.39, 0.29) is 5.92 Å². The zero-order chi connectivity index (χ0) is 22.1. The molecule has 0 saturated heterocycles. The first-order valence-corrected chi connectivity index (χ1v) is 12.1.